The first kappa shape index (κ1) is 12.5. The van der Waals surface area contributed by atoms with Gasteiger partial charge >= 0.3 is 0 Å². The van der Waals surface area contributed by atoms with Gasteiger partial charge in [-0.3, -0.25) is 0 Å². The molecule has 0 aliphatic heterocycles. The summed E-state index contributed by atoms with van der Waals surface area (Å²) in [7, 11) is 0. The molecule has 1 aromatic carbocycles. The molecule has 2 heterocycles. The van der Waals surface area contributed by atoms with Crippen LogP contribution in [0.3, 0.4) is 0 Å². The van der Waals surface area contributed by atoms with E-state index in [1.54, 1.807) is 0 Å². The van der Waals surface area contributed by atoms with Crippen molar-refractivity contribution in [2.75, 3.05) is 5.32 Å². The number of rotatable bonds is 4. The van der Waals surface area contributed by atoms with Crippen molar-refractivity contribution < 1.29 is 0 Å². The van der Waals surface area contributed by atoms with Crippen LogP contribution >= 0.6 is 0 Å². The van der Waals surface area contributed by atoms with Crippen molar-refractivity contribution in [3.63, 3.8) is 0 Å². The van der Waals surface area contributed by atoms with Gasteiger partial charge in [0.25, 0.3) is 0 Å². The molecule has 3 aromatic rings. The van der Waals surface area contributed by atoms with E-state index in [1.165, 1.54) is 15.8 Å². The summed E-state index contributed by atoms with van der Waals surface area (Å²) < 4.78 is 1.41. The SMILES string of the molecule is CCc1ccc(C(C)Nc2ccc3nnnn3n2)cc1. The summed E-state index contributed by atoms with van der Waals surface area (Å²) in [6.07, 6.45) is 1.06. The Kier molecular flexibility index (Phi) is 3.28. The molecular formula is C14H16N6. The molecular weight excluding hydrogens is 252 g/mol. The highest BCUT2D eigenvalue weighted by atomic mass is 15.6. The molecule has 0 fully saturated rings. The molecule has 0 bridgehead atoms. The fraction of sp³-hybridized carbons (Fsp3) is 0.286. The van der Waals surface area contributed by atoms with Gasteiger partial charge in [0.15, 0.2) is 5.65 Å². The number of fused-ring (bicyclic) bond motifs is 1. The van der Waals surface area contributed by atoms with Crippen LogP contribution in [0.4, 0.5) is 5.82 Å². The minimum Gasteiger partial charge on any atom is -0.362 e. The summed E-state index contributed by atoms with van der Waals surface area (Å²) >= 11 is 0. The van der Waals surface area contributed by atoms with E-state index in [2.05, 4.69) is 64.1 Å². The number of benzene rings is 1. The van der Waals surface area contributed by atoms with Crippen molar-refractivity contribution in [2.24, 2.45) is 0 Å². The summed E-state index contributed by atoms with van der Waals surface area (Å²) in [6.45, 7) is 4.26. The van der Waals surface area contributed by atoms with Gasteiger partial charge in [0, 0.05) is 6.04 Å². The van der Waals surface area contributed by atoms with Crippen molar-refractivity contribution in [2.45, 2.75) is 26.3 Å². The Bertz CT molecular complexity index is 703. The largest absolute Gasteiger partial charge is 0.362 e. The van der Waals surface area contributed by atoms with Crippen molar-refractivity contribution in [1.29, 1.82) is 0 Å². The lowest BCUT2D eigenvalue weighted by Gasteiger charge is -2.15. The van der Waals surface area contributed by atoms with Gasteiger partial charge in [0.1, 0.15) is 5.82 Å². The monoisotopic (exact) mass is 268 g/mol. The number of hydrogen-bond donors (Lipinski definition) is 1. The van der Waals surface area contributed by atoms with Crippen molar-refractivity contribution in [1.82, 2.24) is 25.3 Å². The van der Waals surface area contributed by atoms with Crippen LogP contribution in [0.2, 0.25) is 0 Å². The minimum absolute atomic E-state index is 0.169. The van der Waals surface area contributed by atoms with Crippen LogP contribution in [-0.4, -0.2) is 25.3 Å². The van der Waals surface area contributed by atoms with Gasteiger partial charge < -0.3 is 5.32 Å². The molecule has 1 atom stereocenters. The van der Waals surface area contributed by atoms with Gasteiger partial charge in [0.05, 0.1) is 0 Å². The van der Waals surface area contributed by atoms with Crippen molar-refractivity contribution in [3.05, 3.63) is 47.5 Å². The molecule has 20 heavy (non-hydrogen) atoms. The van der Waals surface area contributed by atoms with Crippen molar-refractivity contribution in [3.8, 4) is 0 Å². The fourth-order valence-electron chi connectivity index (χ4n) is 2.07. The topological polar surface area (TPSA) is 68.0 Å². The molecule has 0 radical (unpaired) electrons. The Morgan fingerprint density at radius 1 is 1.15 bits per heavy atom. The zero-order valence-corrected chi connectivity index (χ0v) is 11.5. The molecule has 2 aromatic heterocycles. The standard InChI is InChI=1S/C14H16N6/c1-3-11-4-6-12(7-5-11)10(2)15-13-8-9-14-16-18-19-20(14)17-13/h4-10H,3H2,1-2H3,(H,15,17). The average molecular weight is 268 g/mol. The second kappa shape index (κ2) is 5.24. The van der Waals surface area contributed by atoms with E-state index in [-0.39, 0.29) is 6.04 Å². The second-order valence-electron chi connectivity index (χ2n) is 4.71. The molecule has 6 heteroatoms. The zero-order chi connectivity index (χ0) is 13.9. The highest BCUT2D eigenvalue weighted by molar-refractivity contribution is 5.43. The third-order valence-corrected chi connectivity index (χ3v) is 3.32. The van der Waals surface area contributed by atoms with Crippen LogP contribution in [0.1, 0.15) is 31.0 Å². The maximum Gasteiger partial charge on any atom is 0.200 e. The van der Waals surface area contributed by atoms with Crippen LogP contribution in [0.25, 0.3) is 5.65 Å². The number of nitrogens with zero attached hydrogens (tertiary/aromatic N) is 5. The minimum atomic E-state index is 0.169. The van der Waals surface area contributed by atoms with E-state index < -0.39 is 0 Å². The lowest BCUT2D eigenvalue weighted by molar-refractivity contribution is 0.728. The van der Waals surface area contributed by atoms with Crippen molar-refractivity contribution >= 4 is 11.5 Å². The number of aromatic nitrogens is 5. The number of tetrazole rings is 1. The summed E-state index contributed by atoms with van der Waals surface area (Å²) in [5, 5.41) is 18.8. The maximum absolute atomic E-state index is 4.30. The second-order valence-corrected chi connectivity index (χ2v) is 4.71. The molecule has 6 nitrogen and oxygen atoms in total. The Labute approximate surface area is 116 Å². The molecule has 0 spiro atoms. The average Bonchev–Trinajstić information content (AvgIpc) is 2.95. The highest BCUT2D eigenvalue weighted by Gasteiger charge is 2.07. The molecule has 0 amide bonds. The predicted octanol–water partition coefficient (Wildman–Crippen LogP) is 2.25. The summed E-state index contributed by atoms with van der Waals surface area (Å²) in [6, 6.07) is 12.5. The van der Waals surface area contributed by atoms with Crippen LogP contribution in [0.15, 0.2) is 36.4 Å². The first-order valence-corrected chi connectivity index (χ1v) is 6.67. The number of hydrogen-bond acceptors (Lipinski definition) is 5. The molecule has 1 N–H and O–H groups in total. The Hall–Kier alpha value is -2.50. The third kappa shape index (κ3) is 2.45. The highest BCUT2D eigenvalue weighted by Crippen LogP contribution is 2.18. The molecule has 3 rings (SSSR count). The van der Waals surface area contributed by atoms with Gasteiger partial charge in [-0.2, -0.15) is 0 Å². The first-order chi connectivity index (χ1) is 9.76. The quantitative estimate of drug-likeness (QED) is 0.786. The predicted molar refractivity (Wildman–Crippen MR) is 76.4 cm³/mol. The number of nitrogens with one attached hydrogen (secondary N) is 1. The Morgan fingerprint density at radius 3 is 2.70 bits per heavy atom. The number of aryl methyl sites for hydroxylation is 1. The number of anilines is 1. The molecule has 0 aliphatic carbocycles. The zero-order valence-electron chi connectivity index (χ0n) is 11.5. The molecule has 0 aliphatic rings. The smallest absolute Gasteiger partial charge is 0.200 e. The van der Waals surface area contributed by atoms with Crippen LogP contribution in [0, 0.1) is 0 Å². The van der Waals surface area contributed by atoms with Crippen LogP contribution < -0.4 is 5.32 Å². The summed E-state index contributed by atoms with van der Waals surface area (Å²) in [4.78, 5) is 0. The first-order valence-electron chi connectivity index (χ1n) is 6.67. The summed E-state index contributed by atoms with van der Waals surface area (Å²) in [5.41, 5.74) is 3.20. The van der Waals surface area contributed by atoms with Gasteiger partial charge in [-0.05, 0) is 47.0 Å². The third-order valence-electron chi connectivity index (χ3n) is 3.32. The molecule has 102 valence electrons. The van der Waals surface area contributed by atoms with Crippen LogP contribution in [0.5, 0.6) is 0 Å². The van der Waals surface area contributed by atoms with E-state index in [4.69, 9.17) is 0 Å². The van der Waals surface area contributed by atoms with E-state index in [1.807, 2.05) is 12.1 Å². The van der Waals surface area contributed by atoms with E-state index in [9.17, 15) is 0 Å². The van der Waals surface area contributed by atoms with E-state index in [0.29, 0.717) is 5.65 Å². The lowest BCUT2D eigenvalue weighted by atomic mass is 10.1. The van der Waals surface area contributed by atoms with Gasteiger partial charge in [0.2, 0.25) is 0 Å². The Morgan fingerprint density at radius 2 is 1.95 bits per heavy atom. The molecule has 0 saturated heterocycles. The Balaban J connectivity index is 1.78. The lowest BCUT2D eigenvalue weighted by Crippen LogP contribution is -2.09. The van der Waals surface area contributed by atoms with Gasteiger partial charge in [-0.15, -0.1) is 14.8 Å². The molecule has 1 unspecified atom stereocenters. The summed E-state index contributed by atoms with van der Waals surface area (Å²) in [5.74, 6) is 0.747. The normalized spacial score (nSPS) is 12.5. The maximum atomic E-state index is 4.30. The fourth-order valence-corrected chi connectivity index (χ4v) is 2.07. The van der Waals surface area contributed by atoms with Gasteiger partial charge in [-0.25, -0.2) is 0 Å². The van der Waals surface area contributed by atoms with E-state index in [0.717, 1.165) is 12.2 Å². The van der Waals surface area contributed by atoms with Gasteiger partial charge in [-0.1, -0.05) is 31.2 Å². The van der Waals surface area contributed by atoms with E-state index >= 15 is 0 Å². The van der Waals surface area contributed by atoms with Crippen LogP contribution in [-0.2, 0) is 6.42 Å². The molecule has 0 saturated carbocycles.